The van der Waals surface area contributed by atoms with Crippen molar-refractivity contribution in [1.82, 2.24) is 10.6 Å². The van der Waals surface area contributed by atoms with Crippen LogP contribution in [0.3, 0.4) is 0 Å². The van der Waals surface area contributed by atoms with Crippen LogP contribution in [0.25, 0.3) is 0 Å². The molecule has 0 aliphatic carbocycles. The van der Waals surface area contributed by atoms with E-state index >= 15 is 0 Å². The topological polar surface area (TPSA) is 90.8 Å². The van der Waals surface area contributed by atoms with E-state index in [0.29, 0.717) is 25.3 Å². The molecule has 0 aliphatic heterocycles. The molecular formula is C28H33ClN2O4. The number of hydrogen-bond donors (Lipinski definition) is 4. The number of benzene rings is 3. The van der Waals surface area contributed by atoms with Gasteiger partial charge >= 0.3 is 6.09 Å². The molecular weight excluding hydrogens is 464 g/mol. The van der Waals surface area contributed by atoms with E-state index in [4.69, 9.17) is 16.3 Å². The average molecular weight is 497 g/mol. The molecule has 0 bridgehead atoms. The molecule has 7 heteroatoms. The van der Waals surface area contributed by atoms with Crippen LogP contribution < -0.4 is 15.4 Å². The Kier molecular flexibility index (Phi) is 9.55. The van der Waals surface area contributed by atoms with E-state index < -0.39 is 23.1 Å². The highest BCUT2D eigenvalue weighted by Crippen LogP contribution is 2.31. The van der Waals surface area contributed by atoms with E-state index in [2.05, 4.69) is 10.6 Å². The van der Waals surface area contributed by atoms with Gasteiger partial charge in [0.2, 0.25) is 0 Å². The van der Waals surface area contributed by atoms with E-state index in [1.807, 2.05) is 92.7 Å². The maximum Gasteiger partial charge on any atom is 0.404 e. The zero-order chi connectivity index (χ0) is 25.3. The second kappa shape index (κ2) is 12.6. The van der Waals surface area contributed by atoms with Gasteiger partial charge < -0.3 is 25.6 Å². The predicted octanol–water partition coefficient (Wildman–Crippen LogP) is 5.07. The Labute approximate surface area is 211 Å². The Hall–Kier alpha value is -3.06. The van der Waals surface area contributed by atoms with Gasteiger partial charge in [-0.3, -0.25) is 0 Å². The van der Waals surface area contributed by atoms with Crippen LogP contribution in [0.2, 0.25) is 0 Å². The van der Waals surface area contributed by atoms with Crippen molar-refractivity contribution in [2.75, 3.05) is 6.54 Å². The molecule has 0 spiro atoms. The van der Waals surface area contributed by atoms with Crippen LogP contribution >= 0.6 is 11.6 Å². The summed E-state index contributed by atoms with van der Waals surface area (Å²) >= 11 is 6.59. The van der Waals surface area contributed by atoms with Crippen LogP contribution in [0.5, 0.6) is 5.75 Å². The molecule has 0 aliphatic rings. The molecule has 0 fully saturated rings. The largest absolute Gasteiger partial charge is 0.489 e. The molecule has 35 heavy (non-hydrogen) atoms. The zero-order valence-electron chi connectivity index (χ0n) is 20.1. The minimum atomic E-state index is -1.16. The third-order valence-electron chi connectivity index (χ3n) is 5.66. The number of amides is 1. The van der Waals surface area contributed by atoms with E-state index in [0.717, 1.165) is 22.3 Å². The summed E-state index contributed by atoms with van der Waals surface area (Å²) in [6, 6.07) is 24.7. The lowest BCUT2D eigenvalue weighted by Gasteiger charge is -2.24. The van der Waals surface area contributed by atoms with Crippen LogP contribution in [-0.4, -0.2) is 35.0 Å². The lowest BCUT2D eigenvalue weighted by molar-refractivity contribution is 0.117. The highest BCUT2D eigenvalue weighted by Gasteiger charge is 2.22. The smallest absolute Gasteiger partial charge is 0.404 e. The summed E-state index contributed by atoms with van der Waals surface area (Å²) in [4.78, 5) is 10.7. The standard InChI is InChI=1S/C28H33ClN2O4/c1-28(2,29)23-13-22(14-24(16-23)35-19-21-11-7-4-8-12-21)17-30-18-26(32)25(31-27(33)34)15-20-9-5-3-6-10-20/h3-14,16,25-26,30-32H,15,17-19H2,1-2H3,(H,33,34)/t25-,26-/m0/s1. The summed E-state index contributed by atoms with van der Waals surface area (Å²) in [5.41, 5.74) is 3.90. The number of aliphatic hydroxyl groups is 1. The van der Waals surface area contributed by atoms with Crippen LogP contribution in [0.1, 0.15) is 36.1 Å². The van der Waals surface area contributed by atoms with Crippen molar-refractivity contribution in [1.29, 1.82) is 0 Å². The number of halogens is 1. The highest BCUT2D eigenvalue weighted by atomic mass is 35.5. The third kappa shape index (κ3) is 8.91. The minimum absolute atomic E-state index is 0.215. The van der Waals surface area contributed by atoms with Gasteiger partial charge in [0, 0.05) is 13.1 Å². The van der Waals surface area contributed by atoms with E-state index in [9.17, 15) is 15.0 Å². The maximum absolute atomic E-state index is 11.3. The van der Waals surface area contributed by atoms with Crippen LogP contribution in [0.15, 0.2) is 78.9 Å². The lowest BCUT2D eigenvalue weighted by atomic mass is 9.99. The third-order valence-corrected chi connectivity index (χ3v) is 5.87. The second-order valence-electron chi connectivity index (χ2n) is 9.06. The summed E-state index contributed by atoms with van der Waals surface area (Å²) in [5, 5.41) is 25.6. The van der Waals surface area contributed by atoms with Crippen molar-refractivity contribution >= 4 is 17.7 Å². The van der Waals surface area contributed by atoms with E-state index in [1.165, 1.54) is 0 Å². The number of carboxylic acid groups (broad SMARTS) is 1. The number of alkyl halides is 1. The first kappa shape index (κ1) is 26.5. The number of carbonyl (C=O) groups is 1. The molecule has 3 rings (SSSR count). The van der Waals surface area contributed by atoms with Crippen LogP contribution in [0, 0.1) is 0 Å². The van der Waals surface area contributed by atoms with Crippen molar-refractivity contribution in [2.45, 2.75) is 50.4 Å². The number of nitrogens with one attached hydrogen (secondary N) is 2. The fourth-order valence-electron chi connectivity index (χ4n) is 3.75. The first-order valence-corrected chi connectivity index (χ1v) is 12.0. The Bertz CT molecular complexity index is 1070. The van der Waals surface area contributed by atoms with Crippen LogP contribution in [0.4, 0.5) is 4.79 Å². The van der Waals surface area contributed by atoms with Crippen molar-refractivity contribution < 1.29 is 19.7 Å². The first-order valence-electron chi connectivity index (χ1n) is 11.6. The summed E-state index contributed by atoms with van der Waals surface area (Å²) in [7, 11) is 0. The molecule has 0 unspecified atom stereocenters. The molecule has 0 radical (unpaired) electrons. The quantitative estimate of drug-likeness (QED) is 0.263. The number of ether oxygens (including phenoxy) is 1. The monoisotopic (exact) mass is 496 g/mol. The van der Waals surface area contributed by atoms with Crippen molar-refractivity contribution in [3.05, 3.63) is 101 Å². The molecule has 6 nitrogen and oxygen atoms in total. The van der Waals surface area contributed by atoms with Gasteiger partial charge in [0.25, 0.3) is 0 Å². The molecule has 0 aromatic heterocycles. The van der Waals surface area contributed by atoms with Gasteiger partial charge in [0.1, 0.15) is 12.4 Å². The summed E-state index contributed by atoms with van der Waals surface area (Å²) in [6.45, 7) is 4.98. The normalized spacial score (nSPS) is 13.1. The van der Waals surface area contributed by atoms with Crippen molar-refractivity contribution in [2.24, 2.45) is 0 Å². The maximum atomic E-state index is 11.3. The lowest BCUT2D eigenvalue weighted by Crippen LogP contribution is -2.48. The van der Waals surface area contributed by atoms with Crippen molar-refractivity contribution in [3.8, 4) is 5.75 Å². The number of rotatable bonds is 12. The Balaban J connectivity index is 1.64. The molecule has 0 saturated carbocycles. The molecule has 3 aromatic rings. The summed E-state index contributed by atoms with van der Waals surface area (Å²) in [5.74, 6) is 0.715. The highest BCUT2D eigenvalue weighted by molar-refractivity contribution is 6.23. The van der Waals surface area contributed by atoms with E-state index in [1.54, 1.807) is 0 Å². The minimum Gasteiger partial charge on any atom is -0.489 e. The zero-order valence-corrected chi connectivity index (χ0v) is 20.8. The van der Waals surface area contributed by atoms with Gasteiger partial charge in [0.15, 0.2) is 0 Å². The Morgan fingerprint density at radius 1 is 0.971 bits per heavy atom. The molecule has 0 saturated heterocycles. The van der Waals surface area contributed by atoms with Crippen LogP contribution in [-0.2, 0) is 24.4 Å². The fourth-order valence-corrected chi connectivity index (χ4v) is 3.86. The average Bonchev–Trinajstić information content (AvgIpc) is 2.83. The first-order chi connectivity index (χ1) is 16.7. The van der Waals surface area contributed by atoms with Gasteiger partial charge in [-0.05, 0) is 54.7 Å². The summed E-state index contributed by atoms with van der Waals surface area (Å²) < 4.78 is 6.03. The van der Waals surface area contributed by atoms with Gasteiger partial charge in [-0.2, -0.15) is 0 Å². The Morgan fingerprint density at radius 2 is 1.60 bits per heavy atom. The molecule has 4 N–H and O–H groups in total. The molecule has 186 valence electrons. The van der Waals surface area contributed by atoms with Gasteiger partial charge in [-0.1, -0.05) is 66.7 Å². The molecule has 1 amide bonds. The van der Waals surface area contributed by atoms with E-state index in [-0.39, 0.29) is 6.54 Å². The number of aliphatic hydroxyl groups excluding tert-OH is 1. The predicted molar refractivity (Wildman–Crippen MR) is 139 cm³/mol. The molecule has 0 heterocycles. The fraction of sp³-hybridized carbons (Fsp3) is 0.321. The summed E-state index contributed by atoms with van der Waals surface area (Å²) in [6.07, 6.45) is -1.68. The van der Waals surface area contributed by atoms with Gasteiger partial charge in [-0.15, -0.1) is 11.6 Å². The Morgan fingerprint density at radius 3 is 2.20 bits per heavy atom. The van der Waals surface area contributed by atoms with Crippen molar-refractivity contribution in [3.63, 3.8) is 0 Å². The molecule has 2 atom stereocenters. The second-order valence-corrected chi connectivity index (χ2v) is 10.0. The molecule has 3 aromatic carbocycles. The van der Waals surface area contributed by atoms with Gasteiger partial charge in [0.05, 0.1) is 17.0 Å². The SMILES string of the molecule is CC(C)(Cl)c1cc(CNC[C@H](O)[C@H](Cc2ccccc2)NC(=O)O)cc(OCc2ccccc2)c1. The number of hydrogen-bond acceptors (Lipinski definition) is 4. The van der Waals surface area contributed by atoms with Gasteiger partial charge in [-0.25, -0.2) is 4.79 Å².